The first-order chi connectivity index (χ1) is 8.69. The third-order valence-electron chi connectivity index (χ3n) is 2.61. The van der Waals surface area contributed by atoms with Crippen LogP contribution in [0.4, 0.5) is 0 Å². The summed E-state index contributed by atoms with van der Waals surface area (Å²) in [5.41, 5.74) is 2.26. The van der Waals surface area contributed by atoms with E-state index in [9.17, 15) is 4.79 Å². The SMILES string of the molecule is N#Cc1ccc(CC(=O)c2ccc(I)cc2)cc1. The average molecular weight is 347 g/mol. The van der Waals surface area contributed by atoms with E-state index in [4.69, 9.17) is 5.26 Å². The number of rotatable bonds is 3. The second-order valence-corrected chi connectivity index (χ2v) is 5.16. The van der Waals surface area contributed by atoms with E-state index in [1.54, 1.807) is 12.1 Å². The Kier molecular flexibility index (Phi) is 4.11. The molecule has 0 saturated heterocycles. The minimum absolute atomic E-state index is 0.0936. The fourth-order valence-corrected chi connectivity index (χ4v) is 1.98. The van der Waals surface area contributed by atoms with Crippen LogP contribution in [0.5, 0.6) is 0 Å². The first-order valence-electron chi connectivity index (χ1n) is 5.47. The largest absolute Gasteiger partial charge is 0.294 e. The zero-order valence-electron chi connectivity index (χ0n) is 9.56. The smallest absolute Gasteiger partial charge is 0.167 e. The van der Waals surface area contributed by atoms with Gasteiger partial charge >= 0.3 is 0 Å². The van der Waals surface area contributed by atoms with Crippen LogP contribution in [-0.4, -0.2) is 5.78 Å². The topological polar surface area (TPSA) is 40.9 Å². The van der Waals surface area contributed by atoms with E-state index in [0.717, 1.165) is 14.7 Å². The van der Waals surface area contributed by atoms with E-state index in [0.29, 0.717) is 12.0 Å². The predicted molar refractivity (Wildman–Crippen MR) is 78.4 cm³/mol. The molecule has 2 aromatic rings. The van der Waals surface area contributed by atoms with Gasteiger partial charge in [-0.3, -0.25) is 4.79 Å². The molecule has 0 unspecified atom stereocenters. The highest BCUT2D eigenvalue weighted by Crippen LogP contribution is 2.11. The second kappa shape index (κ2) is 5.78. The second-order valence-electron chi connectivity index (χ2n) is 3.92. The molecule has 0 aromatic heterocycles. The molecule has 3 heteroatoms. The lowest BCUT2D eigenvalue weighted by Crippen LogP contribution is -2.03. The summed E-state index contributed by atoms with van der Waals surface area (Å²) in [6.07, 6.45) is 0.367. The maximum atomic E-state index is 12.0. The first kappa shape index (κ1) is 12.8. The number of halogens is 1. The highest BCUT2D eigenvalue weighted by atomic mass is 127. The van der Waals surface area contributed by atoms with Crippen LogP contribution < -0.4 is 0 Å². The van der Waals surface area contributed by atoms with Crippen LogP contribution in [0.3, 0.4) is 0 Å². The van der Waals surface area contributed by atoms with Gasteiger partial charge in [0.1, 0.15) is 0 Å². The normalized spacial score (nSPS) is 9.78. The number of carbonyl (C=O) groups excluding carboxylic acids is 1. The summed E-state index contributed by atoms with van der Waals surface area (Å²) in [6.45, 7) is 0. The molecule has 0 radical (unpaired) electrons. The van der Waals surface area contributed by atoms with E-state index < -0.39 is 0 Å². The molecule has 18 heavy (non-hydrogen) atoms. The van der Waals surface area contributed by atoms with Crippen molar-refractivity contribution < 1.29 is 4.79 Å². The molecule has 0 saturated carbocycles. The van der Waals surface area contributed by atoms with E-state index in [1.807, 2.05) is 36.4 Å². The van der Waals surface area contributed by atoms with Gasteiger partial charge in [0.15, 0.2) is 5.78 Å². The summed E-state index contributed by atoms with van der Waals surface area (Å²) in [5, 5.41) is 8.70. The Hall–Kier alpha value is -1.67. The van der Waals surface area contributed by atoms with Gasteiger partial charge in [-0.15, -0.1) is 0 Å². The highest BCUT2D eigenvalue weighted by molar-refractivity contribution is 14.1. The minimum Gasteiger partial charge on any atom is -0.294 e. The fraction of sp³-hybridized carbons (Fsp3) is 0.0667. The maximum Gasteiger partial charge on any atom is 0.167 e. The van der Waals surface area contributed by atoms with Gasteiger partial charge in [-0.25, -0.2) is 0 Å². The van der Waals surface area contributed by atoms with Crippen LogP contribution in [0, 0.1) is 14.9 Å². The maximum absolute atomic E-state index is 12.0. The van der Waals surface area contributed by atoms with Crippen molar-refractivity contribution in [3.63, 3.8) is 0 Å². The van der Waals surface area contributed by atoms with E-state index in [2.05, 4.69) is 28.7 Å². The molecule has 2 rings (SSSR count). The standard InChI is InChI=1S/C15H10INO/c16-14-7-5-13(6-8-14)15(18)9-11-1-3-12(10-17)4-2-11/h1-8H,9H2. The molecule has 0 aliphatic heterocycles. The van der Waals surface area contributed by atoms with Crippen LogP contribution in [0.2, 0.25) is 0 Å². The van der Waals surface area contributed by atoms with E-state index in [1.165, 1.54) is 0 Å². The summed E-state index contributed by atoms with van der Waals surface area (Å²) in [4.78, 5) is 12.0. The summed E-state index contributed by atoms with van der Waals surface area (Å²) in [6, 6.07) is 16.7. The molecule has 0 atom stereocenters. The fourth-order valence-electron chi connectivity index (χ4n) is 1.62. The van der Waals surface area contributed by atoms with E-state index in [-0.39, 0.29) is 5.78 Å². The summed E-state index contributed by atoms with van der Waals surface area (Å²) in [7, 11) is 0. The summed E-state index contributed by atoms with van der Waals surface area (Å²) < 4.78 is 1.11. The Morgan fingerprint density at radius 2 is 1.67 bits per heavy atom. The van der Waals surface area contributed by atoms with Crippen LogP contribution in [-0.2, 0) is 6.42 Å². The quantitative estimate of drug-likeness (QED) is 0.629. The molecule has 0 aliphatic rings. The van der Waals surface area contributed by atoms with Gasteiger partial charge in [-0.05, 0) is 52.4 Å². The third-order valence-corrected chi connectivity index (χ3v) is 3.33. The number of ketones is 1. The van der Waals surface area contributed by atoms with Crippen molar-refractivity contribution >= 4 is 28.4 Å². The van der Waals surface area contributed by atoms with Crippen LogP contribution >= 0.6 is 22.6 Å². The Balaban J connectivity index is 2.11. The molecule has 0 bridgehead atoms. The van der Waals surface area contributed by atoms with Crippen LogP contribution in [0.15, 0.2) is 48.5 Å². The third kappa shape index (κ3) is 3.17. The number of hydrogen-bond acceptors (Lipinski definition) is 2. The lowest BCUT2D eigenvalue weighted by molar-refractivity contribution is 0.0993. The van der Waals surface area contributed by atoms with Gasteiger partial charge in [0.25, 0.3) is 0 Å². The molecule has 0 heterocycles. The number of carbonyl (C=O) groups is 1. The molecule has 0 fully saturated rings. The lowest BCUT2D eigenvalue weighted by atomic mass is 10.0. The monoisotopic (exact) mass is 347 g/mol. The average Bonchev–Trinajstić information content (AvgIpc) is 2.40. The van der Waals surface area contributed by atoms with Crippen molar-refractivity contribution in [1.82, 2.24) is 0 Å². The van der Waals surface area contributed by atoms with Gasteiger partial charge in [-0.1, -0.05) is 24.3 Å². The lowest BCUT2D eigenvalue weighted by Gasteiger charge is -2.02. The number of hydrogen-bond donors (Lipinski definition) is 0. The number of nitrogens with zero attached hydrogens (tertiary/aromatic N) is 1. The Bertz CT molecular complexity index is 594. The Morgan fingerprint density at radius 3 is 2.22 bits per heavy atom. The van der Waals surface area contributed by atoms with Gasteiger partial charge in [0.05, 0.1) is 11.6 Å². The van der Waals surface area contributed by atoms with Crippen molar-refractivity contribution in [3.8, 4) is 6.07 Å². The number of Topliss-reactive ketones (excluding diaryl/α,β-unsaturated/α-hetero) is 1. The Labute approximate surface area is 119 Å². The minimum atomic E-state index is 0.0936. The van der Waals surface area contributed by atoms with Crippen molar-refractivity contribution in [2.24, 2.45) is 0 Å². The van der Waals surface area contributed by atoms with Crippen molar-refractivity contribution in [2.45, 2.75) is 6.42 Å². The molecule has 2 aromatic carbocycles. The zero-order valence-corrected chi connectivity index (χ0v) is 11.7. The van der Waals surface area contributed by atoms with Crippen LogP contribution in [0.1, 0.15) is 21.5 Å². The molecule has 0 spiro atoms. The van der Waals surface area contributed by atoms with E-state index >= 15 is 0 Å². The zero-order chi connectivity index (χ0) is 13.0. The molecule has 0 amide bonds. The summed E-state index contributed by atoms with van der Waals surface area (Å²) >= 11 is 2.21. The van der Waals surface area contributed by atoms with Crippen molar-refractivity contribution in [2.75, 3.05) is 0 Å². The van der Waals surface area contributed by atoms with Gasteiger partial charge in [-0.2, -0.15) is 5.26 Å². The van der Waals surface area contributed by atoms with Gasteiger partial charge in [0, 0.05) is 15.6 Å². The summed E-state index contributed by atoms with van der Waals surface area (Å²) in [5.74, 6) is 0.0936. The molecule has 88 valence electrons. The number of nitriles is 1. The van der Waals surface area contributed by atoms with Gasteiger partial charge in [0.2, 0.25) is 0 Å². The molecular weight excluding hydrogens is 337 g/mol. The van der Waals surface area contributed by atoms with Crippen molar-refractivity contribution in [1.29, 1.82) is 5.26 Å². The number of benzene rings is 2. The first-order valence-corrected chi connectivity index (χ1v) is 6.55. The van der Waals surface area contributed by atoms with Crippen LogP contribution in [0.25, 0.3) is 0 Å². The van der Waals surface area contributed by atoms with Crippen molar-refractivity contribution in [3.05, 3.63) is 68.8 Å². The molecule has 2 nitrogen and oxygen atoms in total. The molecular formula is C15H10INO. The Morgan fingerprint density at radius 1 is 1.06 bits per heavy atom. The predicted octanol–water partition coefficient (Wildman–Crippen LogP) is 3.59. The highest BCUT2D eigenvalue weighted by Gasteiger charge is 2.06. The molecule has 0 N–H and O–H groups in total. The molecule has 0 aliphatic carbocycles. The van der Waals surface area contributed by atoms with Gasteiger partial charge < -0.3 is 0 Å².